The van der Waals surface area contributed by atoms with Gasteiger partial charge in [0.2, 0.25) is 12.4 Å². The Morgan fingerprint density at radius 1 is 1.11 bits per heavy atom. The molecular formula is C14H14N2O2+2. The summed E-state index contributed by atoms with van der Waals surface area (Å²) in [7, 11) is 1.62. The van der Waals surface area contributed by atoms with E-state index in [1.165, 1.54) is 4.58 Å². The Morgan fingerprint density at radius 2 is 1.61 bits per heavy atom. The largest absolute Gasteiger partial charge is 0.418 e. The molecule has 0 saturated carbocycles. The van der Waals surface area contributed by atoms with E-state index >= 15 is 0 Å². The third-order valence-corrected chi connectivity index (χ3v) is 2.63. The fourth-order valence-electron chi connectivity index (χ4n) is 1.64. The third-order valence-electron chi connectivity index (χ3n) is 2.63. The van der Waals surface area contributed by atoms with Crippen LogP contribution >= 0.6 is 0 Å². The number of nitrogens with zero attached hydrogens (tertiary/aromatic N) is 2. The van der Waals surface area contributed by atoms with Gasteiger partial charge in [-0.3, -0.25) is 5.21 Å². The van der Waals surface area contributed by atoms with E-state index in [1.54, 1.807) is 43.7 Å². The van der Waals surface area contributed by atoms with Gasteiger partial charge in [0.1, 0.15) is 13.8 Å². The summed E-state index contributed by atoms with van der Waals surface area (Å²) in [4.78, 5) is 11.7. The van der Waals surface area contributed by atoms with Gasteiger partial charge in [-0.1, -0.05) is 12.1 Å². The van der Waals surface area contributed by atoms with E-state index in [0.29, 0.717) is 5.56 Å². The average molecular weight is 242 g/mol. The van der Waals surface area contributed by atoms with Crippen LogP contribution in [0.3, 0.4) is 0 Å². The molecule has 1 aromatic carbocycles. The maximum absolute atomic E-state index is 11.7. The molecule has 0 radical (unpaired) electrons. The maximum Gasteiger partial charge on any atom is 0.418 e. The van der Waals surface area contributed by atoms with Gasteiger partial charge in [0.25, 0.3) is 0 Å². The molecule has 0 atom stereocenters. The summed E-state index contributed by atoms with van der Waals surface area (Å²) in [6.07, 6.45) is 3.11. The monoisotopic (exact) mass is 242 g/mol. The van der Waals surface area contributed by atoms with Crippen molar-refractivity contribution in [2.75, 3.05) is 7.05 Å². The van der Waals surface area contributed by atoms with Gasteiger partial charge in [-0.15, -0.1) is 0 Å². The van der Waals surface area contributed by atoms with Crippen molar-refractivity contribution >= 4 is 12.6 Å². The second kappa shape index (κ2) is 4.79. The molecule has 2 aromatic rings. The highest BCUT2D eigenvalue weighted by molar-refractivity contribution is 5.89. The standard InChI is InChI=1S/C14H14N2O2/c1-15(2)14(17)13-5-3-11(4-6-13)12-7-9-16(18)10-8-12/h3-10,18H,1H2,2H3/q+2. The Morgan fingerprint density at radius 3 is 2.11 bits per heavy atom. The summed E-state index contributed by atoms with van der Waals surface area (Å²) in [5.41, 5.74) is 2.56. The first-order valence-corrected chi connectivity index (χ1v) is 5.47. The zero-order valence-corrected chi connectivity index (χ0v) is 10.1. The molecule has 0 aliphatic carbocycles. The molecule has 0 saturated heterocycles. The molecule has 18 heavy (non-hydrogen) atoms. The summed E-state index contributed by atoms with van der Waals surface area (Å²) >= 11 is 0. The number of benzene rings is 1. The van der Waals surface area contributed by atoms with Crippen molar-refractivity contribution in [3.63, 3.8) is 0 Å². The van der Waals surface area contributed by atoms with Crippen molar-refractivity contribution < 1.29 is 19.3 Å². The molecule has 90 valence electrons. The van der Waals surface area contributed by atoms with Crippen molar-refractivity contribution in [3.8, 4) is 11.1 Å². The zero-order chi connectivity index (χ0) is 13.1. The first-order valence-electron chi connectivity index (χ1n) is 5.47. The highest BCUT2D eigenvalue weighted by Crippen LogP contribution is 2.18. The normalized spacial score (nSPS) is 10.1. The van der Waals surface area contributed by atoms with Crippen LogP contribution in [0.25, 0.3) is 11.1 Å². The molecule has 0 fully saturated rings. The minimum Gasteiger partial charge on any atom is -0.285 e. The second-order valence-corrected chi connectivity index (χ2v) is 4.05. The Kier molecular flexibility index (Phi) is 3.19. The van der Waals surface area contributed by atoms with E-state index in [0.717, 1.165) is 15.9 Å². The minimum absolute atomic E-state index is 0.122. The van der Waals surface area contributed by atoms with Gasteiger partial charge < -0.3 is 0 Å². The van der Waals surface area contributed by atoms with Crippen LogP contribution in [0.4, 0.5) is 0 Å². The van der Waals surface area contributed by atoms with Crippen LogP contribution in [0.5, 0.6) is 0 Å². The predicted octanol–water partition coefficient (Wildman–Crippen LogP) is 1.36. The maximum atomic E-state index is 11.7. The Bertz CT molecular complexity index is 586. The van der Waals surface area contributed by atoms with Gasteiger partial charge in [-0.2, -0.15) is 4.58 Å². The van der Waals surface area contributed by atoms with Gasteiger partial charge in [-0.05, 0) is 23.3 Å². The van der Waals surface area contributed by atoms with E-state index in [2.05, 4.69) is 6.72 Å². The SMILES string of the molecule is C=[N+](C)C(=O)c1ccc(-c2cc[n+](O)cc2)cc1. The van der Waals surface area contributed by atoms with Crippen LogP contribution in [0.1, 0.15) is 10.4 Å². The number of carbonyl (C=O) groups is 1. The molecule has 0 aliphatic heterocycles. The number of amides is 1. The summed E-state index contributed by atoms with van der Waals surface area (Å²) in [6.45, 7) is 3.56. The smallest absolute Gasteiger partial charge is 0.285 e. The molecule has 0 unspecified atom stereocenters. The number of carbonyl (C=O) groups excluding carboxylic acids is 1. The molecule has 4 heteroatoms. The third kappa shape index (κ3) is 2.43. The summed E-state index contributed by atoms with van der Waals surface area (Å²) in [5.74, 6) is -0.122. The number of hydrogen-bond donors (Lipinski definition) is 1. The minimum atomic E-state index is -0.122. The number of rotatable bonds is 2. The van der Waals surface area contributed by atoms with E-state index in [1.807, 2.05) is 12.1 Å². The van der Waals surface area contributed by atoms with E-state index in [4.69, 9.17) is 5.21 Å². The molecular weight excluding hydrogens is 228 g/mol. The van der Waals surface area contributed by atoms with Crippen LogP contribution in [0.15, 0.2) is 48.8 Å². The van der Waals surface area contributed by atoms with Gasteiger partial charge in [0.05, 0.1) is 5.56 Å². The molecule has 1 heterocycles. The Hall–Kier alpha value is -2.49. The molecule has 0 bridgehead atoms. The summed E-state index contributed by atoms with van der Waals surface area (Å²) < 4.78 is 2.28. The van der Waals surface area contributed by atoms with Gasteiger partial charge in [-0.25, -0.2) is 4.79 Å². The van der Waals surface area contributed by atoms with Crippen molar-refractivity contribution in [2.24, 2.45) is 0 Å². The lowest BCUT2D eigenvalue weighted by Gasteiger charge is -2.00. The van der Waals surface area contributed by atoms with E-state index in [-0.39, 0.29) is 5.91 Å². The highest BCUT2D eigenvalue weighted by atomic mass is 16.5. The highest BCUT2D eigenvalue weighted by Gasteiger charge is 2.13. The number of aromatic nitrogens is 1. The molecule has 1 aromatic heterocycles. The van der Waals surface area contributed by atoms with Crippen molar-refractivity contribution in [1.29, 1.82) is 0 Å². The predicted molar refractivity (Wildman–Crippen MR) is 66.9 cm³/mol. The van der Waals surface area contributed by atoms with Crippen molar-refractivity contribution in [2.45, 2.75) is 0 Å². The molecule has 1 N–H and O–H groups in total. The first-order chi connectivity index (χ1) is 8.58. The number of pyridine rings is 1. The molecule has 0 spiro atoms. The van der Waals surface area contributed by atoms with Crippen LogP contribution in [-0.4, -0.2) is 29.5 Å². The fraction of sp³-hybridized carbons (Fsp3) is 0.0714. The summed E-state index contributed by atoms with van der Waals surface area (Å²) in [5, 5.41) is 9.14. The Labute approximate surface area is 105 Å². The first kappa shape index (κ1) is 12.0. The van der Waals surface area contributed by atoms with Crippen LogP contribution < -0.4 is 4.73 Å². The lowest BCUT2D eigenvalue weighted by atomic mass is 10.0. The van der Waals surface area contributed by atoms with E-state index in [9.17, 15) is 4.79 Å². The van der Waals surface area contributed by atoms with Crippen LogP contribution in [-0.2, 0) is 0 Å². The fourth-order valence-corrected chi connectivity index (χ4v) is 1.64. The van der Waals surface area contributed by atoms with Gasteiger partial charge in [0, 0.05) is 16.9 Å². The molecule has 2 rings (SSSR count). The van der Waals surface area contributed by atoms with Crippen LogP contribution in [0.2, 0.25) is 0 Å². The number of hydrogen-bond acceptors (Lipinski definition) is 2. The average Bonchev–Trinajstić information content (AvgIpc) is 2.39. The quantitative estimate of drug-likeness (QED) is 0.491. The lowest BCUT2D eigenvalue weighted by molar-refractivity contribution is -0.904. The van der Waals surface area contributed by atoms with Crippen molar-refractivity contribution in [1.82, 2.24) is 0 Å². The second-order valence-electron chi connectivity index (χ2n) is 4.05. The summed E-state index contributed by atoms with van der Waals surface area (Å²) in [6, 6.07) is 10.9. The molecule has 0 aliphatic rings. The molecule has 1 amide bonds. The Balaban J connectivity index is 2.30. The lowest BCUT2D eigenvalue weighted by Crippen LogP contribution is -2.27. The van der Waals surface area contributed by atoms with Crippen molar-refractivity contribution in [3.05, 3.63) is 54.4 Å². The molecule has 4 nitrogen and oxygen atoms in total. The van der Waals surface area contributed by atoms with Gasteiger partial charge in [0.15, 0.2) is 0 Å². The van der Waals surface area contributed by atoms with Gasteiger partial charge >= 0.3 is 5.91 Å². The van der Waals surface area contributed by atoms with E-state index < -0.39 is 0 Å². The topological polar surface area (TPSA) is 44.2 Å². The zero-order valence-electron chi connectivity index (χ0n) is 10.1. The van der Waals surface area contributed by atoms with Crippen LogP contribution in [0, 0.1) is 0 Å².